The fourth-order valence-corrected chi connectivity index (χ4v) is 2.60. The molecule has 6 heteroatoms. The van der Waals surface area contributed by atoms with Gasteiger partial charge in [-0.2, -0.15) is 0 Å². The Labute approximate surface area is 146 Å². The molecule has 1 aliphatic heterocycles. The van der Waals surface area contributed by atoms with Crippen molar-refractivity contribution in [3.05, 3.63) is 53.6 Å². The number of amides is 1. The van der Waals surface area contributed by atoms with E-state index in [9.17, 15) is 4.79 Å². The van der Waals surface area contributed by atoms with Crippen molar-refractivity contribution in [3.8, 4) is 11.5 Å². The summed E-state index contributed by atoms with van der Waals surface area (Å²) in [4.78, 5) is 17.8. The van der Waals surface area contributed by atoms with Crippen LogP contribution in [-0.2, 0) is 9.63 Å². The monoisotopic (exact) mass is 340 g/mol. The highest BCUT2D eigenvalue weighted by molar-refractivity contribution is 6.06. The zero-order valence-corrected chi connectivity index (χ0v) is 14.4. The molecule has 0 radical (unpaired) electrons. The van der Waals surface area contributed by atoms with Crippen LogP contribution in [0.15, 0.2) is 47.6 Å². The highest BCUT2D eigenvalue weighted by atomic mass is 16.6. The van der Waals surface area contributed by atoms with E-state index in [4.69, 9.17) is 14.3 Å². The van der Waals surface area contributed by atoms with Crippen LogP contribution in [0.25, 0.3) is 0 Å². The van der Waals surface area contributed by atoms with E-state index in [2.05, 4.69) is 10.5 Å². The maximum Gasteiger partial charge on any atom is 0.268 e. The molecule has 0 aliphatic carbocycles. The summed E-state index contributed by atoms with van der Waals surface area (Å²) in [7, 11) is 3.18. The minimum atomic E-state index is -0.665. The molecule has 0 spiro atoms. The summed E-state index contributed by atoms with van der Waals surface area (Å²) >= 11 is 0. The van der Waals surface area contributed by atoms with Crippen LogP contribution < -0.4 is 14.8 Å². The molecule has 0 aromatic heterocycles. The molecule has 1 heterocycles. The first kappa shape index (κ1) is 16.8. The Kier molecular flexibility index (Phi) is 4.88. The van der Waals surface area contributed by atoms with Gasteiger partial charge in [-0.05, 0) is 54.4 Å². The van der Waals surface area contributed by atoms with Crippen LogP contribution in [0.3, 0.4) is 0 Å². The van der Waals surface area contributed by atoms with E-state index in [0.717, 1.165) is 22.6 Å². The Bertz CT molecular complexity index is 800. The first-order valence-electron chi connectivity index (χ1n) is 7.93. The second kappa shape index (κ2) is 7.25. The van der Waals surface area contributed by atoms with Gasteiger partial charge in [0, 0.05) is 6.42 Å². The number of anilines is 1. The molecule has 0 fully saturated rings. The SMILES string of the molecule is COc1ccc(C2=NOC(C(=O)Nc3cc(C)ccc3OC)C2)cc1. The summed E-state index contributed by atoms with van der Waals surface area (Å²) in [5.74, 6) is 1.12. The standard InChI is InChI=1S/C19H20N2O4/c1-12-4-9-17(24-3)16(10-12)20-19(22)18-11-15(21-25-18)13-5-7-14(23-2)8-6-13/h4-10,18H,11H2,1-3H3,(H,20,22). The van der Waals surface area contributed by atoms with Gasteiger partial charge >= 0.3 is 0 Å². The third-order valence-electron chi connectivity index (χ3n) is 4.00. The quantitative estimate of drug-likeness (QED) is 0.908. The maximum atomic E-state index is 12.5. The molecule has 6 nitrogen and oxygen atoms in total. The normalized spacial score (nSPS) is 16.0. The first-order valence-corrected chi connectivity index (χ1v) is 7.93. The smallest absolute Gasteiger partial charge is 0.268 e. The summed E-state index contributed by atoms with van der Waals surface area (Å²) in [5.41, 5.74) is 3.29. The zero-order chi connectivity index (χ0) is 17.8. The Morgan fingerprint density at radius 1 is 1.16 bits per heavy atom. The second-order valence-electron chi connectivity index (χ2n) is 5.76. The lowest BCUT2D eigenvalue weighted by Crippen LogP contribution is -2.28. The van der Waals surface area contributed by atoms with Crippen LogP contribution in [0.1, 0.15) is 17.5 Å². The number of nitrogens with one attached hydrogen (secondary N) is 1. The number of hydrogen-bond acceptors (Lipinski definition) is 5. The van der Waals surface area contributed by atoms with Crippen LogP contribution in [0.5, 0.6) is 11.5 Å². The van der Waals surface area contributed by atoms with Gasteiger partial charge < -0.3 is 19.6 Å². The summed E-state index contributed by atoms with van der Waals surface area (Å²) < 4.78 is 10.4. The number of carbonyl (C=O) groups excluding carboxylic acids is 1. The van der Waals surface area contributed by atoms with Gasteiger partial charge in [-0.1, -0.05) is 11.2 Å². The van der Waals surface area contributed by atoms with Crippen molar-refractivity contribution in [1.82, 2.24) is 0 Å². The molecule has 1 N–H and O–H groups in total. The van der Waals surface area contributed by atoms with Crippen LogP contribution in [0.4, 0.5) is 5.69 Å². The summed E-state index contributed by atoms with van der Waals surface area (Å²) in [6.07, 6.45) is -0.255. The van der Waals surface area contributed by atoms with E-state index in [1.807, 2.05) is 49.4 Å². The van der Waals surface area contributed by atoms with E-state index in [0.29, 0.717) is 17.9 Å². The van der Waals surface area contributed by atoms with Gasteiger partial charge in [-0.15, -0.1) is 0 Å². The molecule has 1 unspecified atom stereocenters. The second-order valence-corrected chi connectivity index (χ2v) is 5.76. The van der Waals surface area contributed by atoms with Crippen molar-refractivity contribution >= 4 is 17.3 Å². The Hall–Kier alpha value is -3.02. The van der Waals surface area contributed by atoms with E-state index in [-0.39, 0.29) is 5.91 Å². The number of benzene rings is 2. The number of ether oxygens (including phenoxy) is 2. The van der Waals surface area contributed by atoms with Crippen LogP contribution in [0.2, 0.25) is 0 Å². The average molecular weight is 340 g/mol. The fraction of sp³-hybridized carbons (Fsp3) is 0.263. The molecule has 3 rings (SSSR count). The predicted molar refractivity (Wildman–Crippen MR) is 95.4 cm³/mol. The molecular formula is C19H20N2O4. The highest BCUT2D eigenvalue weighted by Gasteiger charge is 2.29. The molecule has 0 saturated carbocycles. The van der Waals surface area contributed by atoms with Gasteiger partial charge in [0.2, 0.25) is 6.10 Å². The summed E-state index contributed by atoms with van der Waals surface area (Å²) in [6, 6.07) is 13.1. The van der Waals surface area contributed by atoms with E-state index in [1.54, 1.807) is 14.2 Å². The lowest BCUT2D eigenvalue weighted by Gasteiger charge is -2.13. The number of hydrogen-bond donors (Lipinski definition) is 1. The number of methoxy groups -OCH3 is 2. The number of carbonyl (C=O) groups is 1. The van der Waals surface area contributed by atoms with Gasteiger partial charge in [0.1, 0.15) is 11.5 Å². The van der Waals surface area contributed by atoms with Crippen molar-refractivity contribution in [1.29, 1.82) is 0 Å². The van der Waals surface area contributed by atoms with Crippen molar-refractivity contribution in [2.75, 3.05) is 19.5 Å². The average Bonchev–Trinajstić information content (AvgIpc) is 3.12. The van der Waals surface area contributed by atoms with Crippen LogP contribution in [-0.4, -0.2) is 31.9 Å². The molecule has 0 bridgehead atoms. The molecule has 1 aliphatic rings. The highest BCUT2D eigenvalue weighted by Crippen LogP contribution is 2.26. The van der Waals surface area contributed by atoms with E-state index >= 15 is 0 Å². The largest absolute Gasteiger partial charge is 0.497 e. The van der Waals surface area contributed by atoms with Crippen molar-refractivity contribution in [2.24, 2.45) is 5.16 Å². The predicted octanol–water partition coefficient (Wildman–Crippen LogP) is 3.14. The number of rotatable bonds is 5. The van der Waals surface area contributed by atoms with Gasteiger partial charge in [0.15, 0.2) is 0 Å². The Balaban J connectivity index is 1.66. The molecular weight excluding hydrogens is 320 g/mol. The van der Waals surface area contributed by atoms with E-state index < -0.39 is 6.10 Å². The van der Waals surface area contributed by atoms with Crippen LogP contribution in [0, 0.1) is 6.92 Å². The fourth-order valence-electron chi connectivity index (χ4n) is 2.60. The van der Waals surface area contributed by atoms with Gasteiger partial charge in [0.25, 0.3) is 5.91 Å². The van der Waals surface area contributed by atoms with Gasteiger partial charge in [-0.3, -0.25) is 4.79 Å². The van der Waals surface area contributed by atoms with Gasteiger partial charge in [-0.25, -0.2) is 0 Å². The Morgan fingerprint density at radius 2 is 1.92 bits per heavy atom. The van der Waals surface area contributed by atoms with Crippen molar-refractivity contribution in [2.45, 2.75) is 19.4 Å². The third-order valence-corrected chi connectivity index (χ3v) is 4.00. The topological polar surface area (TPSA) is 69.2 Å². The van der Waals surface area contributed by atoms with E-state index in [1.165, 1.54) is 0 Å². The molecule has 1 amide bonds. The summed E-state index contributed by atoms with van der Waals surface area (Å²) in [6.45, 7) is 1.95. The van der Waals surface area contributed by atoms with Gasteiger partial charge in [0.05, 0.1) is 25.6 Å². The molecule has 130 valence electrons. The molecule has 1 atom stereocenters. The third kappa shape index (κ3) is 3.74. The summed E-state index contributed by atoms with van der Waals surface area (Å²) in [5, 5.41) is 6.90. The minimum absolute atomic E-state index is 0.254. The molecule has 25 heavy (non-hydrogen) atoms. The first-order chi connectivity index (χ1) is 12.1. The minimum Gasteiger partial charge on any atom is -0.497 e. The van der Waals surface area contributed by atoms with Crippen molar-refractivity contribution < 1.29 is 19.1 Å². The zero-order valence-electron chi connectivity index (χ0n) is 14.4. The molecule has 2 aromatic rings. The Morgan fingerprint density at radius 3 is 2.60 bits per heavy atom. The lowest BCUT2D eigenvalue weighted by molar-refractivity contribution is -0.125. The maximum absolute atomic E-state index is 12.5. The number of nitrogens with zero attached hydrogens (tertiary/aromatic N) is 1. The number of aryl methyl sites for hydroxylation is 1. The van der Waals surface area contributed by atoms with Crippen LogP contribution >= 0.6 is 0 Å². The molecule has 0 saturated heterocycles. The lowest BCUT2D eigenvalue weighted by atomic mass is 10.0. The number of oxime groups is 1. The van der Waals surface area contributed by atoms with Crippen molar-refractivity contribution in [3.63, 3.8) is 0 Å². The molecule has 2 aromatic carbocycles.